The van der Waals surface area contributed by atoms with Gasteiger partial charge in [-0.1, -0.05) is 12.1 Å². The van der Waals surface area contributed by atoms with Gasteiger partial charge < -0.3 is 20.3 Å². The molecule has 1 amide bonds. The lowest BCUT2D eigenvalue weighted by Gasteiger charge is -2.35. The Hall–Kier alpha value is -4.27. The summed E-state index contributed by atoms with van der Waals surface area (Å²) in [7, 11) is 1.36. The van der Waals surface area contributed by atoms with E-state index in [2.05, 4.69) is 15.0 Å². The molecule has 0 spiro atoms. The molecule has 2 aromatic heterocycles. The summed E-state index contributed by atoms with van der Waals surface area (Å²) in [5.41, 5.74) is 10.3. The maximum atomic E-state index is 15.2. The zero-order valence-electron chi connectivity index (χ0n) is 18.6. The molecule has 1 saturated heterocycles. The van der Waals surface area contributed by atoms with Gasteiger partial charge in [-0.3, -0.25) is 0 Å². The SMILES string of the molecule is COC(=O)N1CCN(c2ccc(-c3ncnc4ccc(-c5ccnc(N)c5)cc34)cc2F)CC1. The molecule has 1 fully saturated rings. The first-order valence-electron chi connectivity index (χ1n) is 10.9. The van der Waals surface area contributed by atoms with Crippen molar-refractivity contribution in [1.82, 2.24) is 19.9 Å². The standard InChI is InChI=1S/C25H23FN6O2/c1-34-25(33)32-10-8-31(9-11-32)22-5-3-18(13-20(22)26)24-19-12-16(2-4-21(19)29-15-30-24)17-6-7-28-23(27)14-17/h2-7,12-15H,8-11H2,1H3,(H2,27,28). The number of hydrogen-bond donors (Lipinski definition) is 1. The number of nitrogen functional groups attached to an aromatic ring is 1. The van der Waals surface area contributed by atoms with E-state index in [0.717, 1.165) is 22.0 Å². The Morgan fingerprint density at radius 1 is 0.941 bits per heavy atom. The van der Waals surface area contributed by atoms with Gasteiger partial charge in [-0.15, -0.1) is 0 Å². The number of carbonyl (C=O) groups excluding carboxylic acids is 1. The van der Waals surface area contributed by atoms with Crippen molar-refractivity contribution in [3.8, 4) is 22.4 Å². The van der Waals surface area contributed by atoms with Crippen molar-refractivity contribution in [2.45, 2.75) is 0 Å². The molecule has 4 aromatic rings. The number of hydrogen-bond acceptors (Lipinski definition) is 7. The average molecular weight is 458 g/mol. The van der Waals surface area contributed by atoms with Gasteiger partial charge >= 0.3 is 6.09 Å². The maximum absolute atomic E-state index is 15.2. The highest BCUT2D eigenvalue weighted by Crippen LogP contribution is 2.32. The Labute approximate surface area is 195 Å². The lowest BCUT2D eigenvalue weighted by atomic mass is 10.0. The molecule has 0 unspecified atom stereocenters. The molecule has 3 heterocycles. The molecular weight excluding hydrogens is 435 g/mol. The molecule has 0 saturated carbocycles. The summed E-state index contributed by atoms with van der Waals surface area (Å²) >= 11 is 0. The third-order valence-electron chi connectivity index (χ3n) is 6.02. The molecule has 0 aliphatic carbocycles. The molecule has 0 atom stereocenters. The first-order chi connectivity index (χ1) is 16.5. The second-order valence-electron chi connectivity index (χ2n) is 8.03. The van der Waals surface area contributed by atoms with E-state index in [4.69, 9.17) is 10.5 Å². The normalized spacial score (nSPS) is 13.8. The summed E-state index contributed by atoms with van der Waals surface area (Å²) in [4.78, 5) is 28.1. The molecule has 0 bridgehead atoms. The van der Waals surface area contributed by atoms with Crippen LogP contribution in [0.25, 0.3) is 33.3 Å². The molecule has 172 valence electrons. The molecule has 1 aliphatic heterocycles. The minimum Gasteiger partial charge on any atom is -0.453 e. The first-order valence-corrected chi connectivity index (χ1v) is 10.9. The predicted octanol–water partition coefficient (Wildman–Crippen LogP) is 3.97. The van der Waals surface area contributed by atoms with E-state index in [1.165, 1.54) is 19.5 Å². The highest BCUT2D eigenvalue weighted by atomic mass is 19.1. The topological polar surface area (TPSA) is 97.5 Å². The molecule has 5 rings (SSSR count). The number of carbonyl (C=O) groups is 1. The number of anilines is 2. The van der Waals surface area contributed by atoms with Crippen LogP contribution in [0.3, 0.4) is 0 Å². The van der Waals surface area contributed by atoms with E-state index >= 15 is 4.39 Å². The van der Waals surface area contributed by atoms with Gasteiger partial charge in [0, 0.05) is 43.3 Å². The largest absolute Gasteiger partial charge is 0.453 e. The number of piperazine rings is 1. The van der Waals surface area contributed by atoms with E-state index in [1.54, 1.807) is 23.2 Å². The van der Waals surface area contributed by atoms with E-state index in [1.807, 2.05) is 35.2 Å². The monoisotopic (exact) mass is 458 g/mol. The van der Waals surface area contributed by atoms with Crippen LogP contribution in [0, 0.1) is 5.82 Å². The molecule has 2 N–H and O–H groups in total. The van der Waals surface area contributed by atoms with Crippen LogP contribution in [0.1, 0.15) is 0 Å². The van der Waals surface area contributed by atoms with Crippen molar-refractivity contribution in [1.29, 1.82) is 0 Å². The number of fused-ring (bicyclic) bond motifs is 1. The summed E-state index contributed by atoms with van der Waals surface area (Å²) < 4.78 is 20.0. The number of halogens is 1. The molecule has 8 nitrogen and oxygen atoms in total. The fraction of sp³-hybridized carbons (Fsp3) is 0.200. The number of benzene rings is 2. The smallest absolute Gasteiger partial charge is 0.409 e. The Kier molecular flexibility index (Phi) is 5.67. The summed E-state index contributed by atoms with van der Waals surface area (Å²) in [6, 6.07) is 14.7. The van der Waals surface area contributed by atoms with Crippen molar-refractivity contribution >= 4 is 28.5 Å². The van der Waals surface area contributed by atoms with Crippen molar-refractivity contribution in [3.05, 3.63) is 66.9 Å². The van der Waals surface area contributed by atoms with Gasteiger partial charge in [0.1, 0.15) is 18.0 Å². The van der Waals surface area contributed by atoms with Gasteiger partial charge in [-0.2, -0.15) is 0 Å². The van der Waals surface area contributed by atoms with Gasteiger partial charge in [0.15, 0.2) is 0 Å². The summed E-state index contributed by atoms with van der Waals surface area (Å²) in [6.07, 6.45) is 2.79. The summed E-state index contributed by atoms with van der Waals surface area (Å²) in [5.74, 6) is 0.0982. The van der Waals surface area contributed by atoms with Crippen LogP contribution in [-0.2, 0) is 4.74 Å². The summed E-state index contributed by atoms with van der Waals surface area (Å²) in [5, 5.41) is 0.814. The van der Waals surface area contributed by atoms with E-state index in [0.29, 0.717) is 48.9 Å². The van der Waals surface area contributed by atoms with Crippen molar-refractivity contribution in [2.75, 3.05) is 43.9 Å². The zero-order valence-corrected chi connectivity index (χ0v) is 18.6. The number of rotatable bonds is 3. The van der Waals surface area contributed by atoms with Crippen LogP contribution in [0.4, 0.5) is 20.7 Å². The van der Waals surface area contributed by atoms with Gasteiger partial charge in [0.25, 0.3) is 0 Å². The van der Waals surface area contributed by atoms with Gasteiger partial charge in [0.2, 0.25) is 0 Å². The second-order valence-corrected chi connectivity index (χ2v) is 8.03. The Balaban J connectivity index is 1.46. The Morgan fingerprint density at radius 2 is 1.71 bits per heavy atom. The van der Waals surface area contributed by atoms with E-state index in [9.17, 15) is 4.79 Å². The first kappa shape index (κ1) is 21.6. The highest BCUT2D eigenvalue weighted by Gasteiger charge is 2.23. The van der Waals surface area contributed by atoms with Crippen LogP contribution >= 0.6 is 0 Å². The molecular formula is C25H23FN6O2. The molecule has 34 heavy (non-hydrogen) atoms. The number of methoxy groups -OCH3 is 1. The summed E-state index contributed by atoms with van der Waals surface area (Å²) in [6.45, 7) is 2.01. The van der Waals surface area contributed by atoms with Crippen LogP contribution in [0.15, 0.2) is 61.1 Å². The van der Waals surface area contributed by atoms with Gasteiger partial charge in [0.05, 0.1) is 24.0 Å². The second kappa shape index (κ2) is 8.93. The number of aromatic nitrogens is 3. The third-order valence-corrected chi connectivity index (χ3v) is 6.02. The minimum atomic E-state index is -0.361. The van der Waals surface area contributed by atoms with Crippen LogP contribution in [0.5, 0.6) is 0 Å². The lowest BCUT2D eigenvalue weighted by Crippen LogP contribution is -2.49. The fourth-order valence-electron chi connectivity index (χ4n) is 4.26. The molecule has 9 heteroatoms. The van der Waals surface area contributed by atoms with Crippen molar-refractivity contribution in [2.24, 2.45) is 0 Å². The molecule has 1 aliphatic rings. The Bertz CT molecular complexity index is 1370. The number of nitrogens with two attached hydrogens (primary N) is 1. The Morgan fingerprint density at radius 3 is 2.44 bits per heavy atom. The predicted molar refractivity (Wildman–Crippen MR) is 129 cm³/mol. The van der Waals surface area contributed by atoms with Gasteiger partial charge in [-0.05, 0) is 47.5 Å². The fourth-order valence-corrected chi connectivity index (χ4v) is 4.26. The molecule has 2 aromatic carbocycles. The third kappa shape index (κ3) is 4.07. The van der Waals surface area contributed by atoms with E-state index in [-0.39, 0.29) is 11.9 Å². The maximum Gasteiger partial charge on any atom is 0.409 e. The highest BCUT2D eigenvalue weighted by molar-refractivity contribution is 5.95. The van der Waals surface area contributed by atoms with Crippen LogP contribution in [0.2, 0.25) is 0 Å². The van der Waals surface area contributed by atoms with Crippen LogP contribution < -0.4 is 10.6 Å². The number of nitrogens with zero attached hydrogens (tertiary/aromatic N) is 5. The lowest BCUT2D eigenvalue weighted by molar-refractivity contribution is 0.121. The van der Waals surface area contributed by atoms with Gasteiger partial charge in [-0.25, -0.2) is 24.1 Å². The van der Waals surface area contributed by atoms with E-state index < -0.39 is 0 Å². The number of amides is 1. The van der Waals surface area contributed by atoms with Crippen molar-refractivity contribution in [3.63, 3.8) is 0 Å². The average Bonchev–Trinajstić information content (AvgIpc) is 2.87. The zero-order chi connectivity index (χ0) is 23.7. The number of ether oxygens (including phenoxy) is 1. The quantitative estimate of drug-likeness (QED) is 0.496. The number of pyridine rings is 1. The van der Waals surface area contributed by atoms with Crippen LogP contribution in [-0.4, -0.2) is 59.2 Å². The molecule has 0 radical (unpaired) electrons. The minimum absolute atomic E-state index is 0.339. The van der Waals surface area contributed by atoms with Crippen molar-refractivity contribution < 1.29 is 13.9 Å².